The van der Waals surface area contributed by atoms with E-state index >= 15 is 0 Å². The van der Waals surface area contributed by atoms with Crippen molar-refractivity contribution in [3.8, 4) is 0 Å². The molecule has 0 radical (unpaired) electrons. The average Bonchev–Trinajstić information content (AvgIpc) is 3.05. The van der Waals surface area contributed by atoms with Gasteiger partial charge in [-0.15, -0.1) is 0 Å². The van der Waals surface area contributed by atoms with Crippen LogP contribution in [-0.2, 0) is 12.8 Å². The smallest absolute Gasteiger partial charge is 0.163 e. The summed E-state index contributed by atoms with van der Waals surface area (Å²) in [6.45, 7) is 0.988. The molecule has 3 heteroatoms. The maximum Gasteiger partial charge on any atom is 0.163 e. The number of benzene rings is 1. The second-order valence-corrected chi connectivity index (χ2v) is 5.38. The van der Waals surface area contributed by atoms with Crippen molar-refractivity contribution >= 4 is 22.8 Å². The van der Waals surface area contributed by atoms with Crippen molar-refractivity contribution < 1.29 is 4.79 Å². The number of aryl methyl sites for hydroxylation is 1. The fraction of sp³-hybridized carbons (Fsp3) is 0.267. The molecule has 0 unspecified atom stereocenters. The fourth-order valence-corrected chi connectivity index (χ4v) is 3.00. The number of Topliss-reactive ketones (excluding diaryl/α,β-unsaturated/α-hetero) is 1. The second kappa shape index (κ2) is 4.94. The Labute approximate surface area is 111 Å². The number of hydrogen-bond donors (Lipinski definition) is 1. The molecule has 1 aliphatic heterocycles. The number of thiophene rings is 1. The van der Waals surface area contributed by atoms with Crippen molar-refractivity contribution in [3.63, 3.8) is 0 Å². The lowest BCUT2D eigenvalue weighted by Gasteiger charge is -2.04. The van der Waals surface area contributed by atoms with Crippen LogP contribution in [0.15, 0.2) is 35.0 Å². The number of hydrogen-bond acceptors (Lipinski definition) is 3. The summed E-state index contributed by atoms with van der Waals surface area (Å²) >= 11 is 1.68. The van der Waals surface area contributed by atoms with Crippen LogP contribution in [0.5, 0.6) is 0 Å². The lowest BCUT2D eigenvalue weighted by molar-refractivity contribution is 0.0983. The van der Waals surface area contributed by atoms with Gasteiger partial charge in [0.2, 0.25) is 0 Å². The molecule has 0 amide bonds. The van der Waals surface area contributed by atoms with E-state index in [9.17, 15) is 4.79 Å². The van der Waals surface area contributed by atoms with Gasteiger partial charge in [0.1, 0.15) is 0 Å². The number of anilines is 1. The number of ketones is 1. The Morgan fingerprint density at radius 1 is 1.33 bits per heavy atom. The standard InChI is InChI=1S/C15H15NOS/c17-15(4-1-11-6-8-18-10-11)13-3-2-12-5-7-16-14(12)9-13/h2-3,6,8-10,16H,1,4-5,7H2. The van der Waals surface area contributed by atoms with E-state index in [4.69, 9.17) is 0 Å². The first-order chi connectivity index (χ1) is 8.83. The van der Waals surface area contributed by atoms with E-state index < -0.39 is 0 Å². The Morgan fingerprint density at radius 2 is 2.28 bits per heavy atom. The van der Waals surface area contributed by atoms with E-state index in [1.165, 1.54) is 11.1 Å². The molecular weight excluding hydrogens is 242 g/mol. The summed E-state index contributed by atoms with van der Waals surface area (Å²) in [5, 5.41) is 7.48. The minimum absolute atomic E-state index is 0.234. The zero-order valence-electron chi connectivity index (χ0n) is 10.1. The normalized spacial score (nSPS) is 13.1. The molecule has 1 aliphatic rings. The van der Waals surface area contributed by atoms with Crippen molar-refractivity contribution in [2.45, 2.75) is 19.3 Å². The first-order valence-corrected chi connectivity index (χ1v) is 7.18. The molecule has 3 rings (SSSR count). The second-order valence-electron chi connectivity index (χ2n) is 4.60. The van der Waals surface area contributed by atoms with Crippen molar-refractivity contribution in [1.29, 1.82) is 0 Å². The molecule has 0 saturated heterocycles. The molecule has 2 nitrogen and oxygen atoms in total. The highest BCUT2D eigenvalue weighted by Gasteiger charge is 2.13. The fourth-order valence-electron chi connectivity index (χ4n) is 2.30. The summed E-state index contributed by atoms with van der Waals surface area (Å²) in [5.74, 6) is 0.234. The maximum atomic E-state index is 12.1. The molecule has 0 atom stereocenters. The first-order valence-electron chi connectivity index (χ1n) is 6.24. The van der Waals surface area contributed by atoms with Crippen molar-refractivity contribution in [1.82, 2.24) is 0 Å². The minimum atomic E-state index is 0.234. The maximum absolute atomic E-state index is 12.1. The van der Waals surface area contributed by atoms with Crippen LogP contribution < -0.4 is 5.32 Å². The molecule has 0 aliphatic carbocycles. The Morgan fingerprint density at radius 3 is 3.11 bits per heavy atom. The summed E-state index contributed by atoms with van der Waals surface area (Å²) in [6, 6.07) is 8.12. The lowest BCUT2D eigenvalue weighted by Crippen LogP contribution is -2.01. The van der Waals surface area contributed by atoms with Crippen LogP contribution in [0.4, 0.5) is 5.69 Å². The molecule has 0 saturated carbocycles. The van der Waals surface area contributed by atoms with Crippen LogP contribution >= 0.6 is 11.3 Å². The molecule has 0 bridgehead atoms. The third-order valence-electron chi connectivity index (χ3n) is 3.36. The largest absolute Gasteiger partial charge is 0.384 e. The number of carbonyl (C=O) groups is 1. The molecule has 1 N–H and O–H groups in total. The van der Waals surface area contributed by atoms with E-state index in [2.05, 4.69) is 28.2 Å². The Balaban J connectivity index is 1.69. The van der Waals surface area contributed by atoms with Crippen LogP contribution in [0.2, 0.25) is 0 Å². The third-order valence-corrected chi connectivity index (χ3v) is 4.09. The molecule has 0 fully saturated rings. The van der Waals surface area contributed by atoms with Gasteiger partial charge in [0.25, 0.3) is 0 Å². The number of rotatable bonds is 4. The zero-order chi connectivity index (χ0) is 12.4. The van der Waals surface area contributed by atoms with Gasteiger partial charge in [0.05, 0.1) is 0 Å². The van der Waals surface area contributed by atoms with Gasteiger partial charge in [-0.2, -0.15) is 11.3 Å². The number of fused-ring (bicyclic) bond motifs is 1. The van der Waals surface area contributed by atoms with Crippen molar-refractivity contribution in [3.05, 3.63) is 51.7 Å². The van der Waals surface area contributed by atoms with E-state index in [0.29, 0.717) is 6.42 Å². The number of nitrogens with one attached hydrogen (secondary N) is 1. The van der Waals surface area contributed by atoms with Gasteiger partial charge >= 0.3 is 0 Å². The van der Waals surface area contributed by atoms with E-state index in [-0.39, 0.29) is 5.78 Å². The predicted molar refractivity (Wildman–Crippen MR) is 75.6 cm³/mol. The molecular formula is C15H15NOS. The van der Waals surface area contributed by atoms with Gasteiger partial charge in [0, 0.05) is 24.2 Å². The molecule has 18 heavy (non-hydrogen) atoms. The molecule has 2 heterocycles. The highest BCUT2D eigenvalue weighted by molar-refractivity contribution is 7.07. The topological polar surface area (TPSA) is 29.1 Å². The summed E-state index contributed by atoms with van der Waals surface area (Å²) in [7, 11) is 0. The Hall–Kier alpha value is -1.61. The monoisotopic (exact) mass is 257 g/mol. The van der Waals surface area contributed by atoms with Crippen LogP contribution in [0.25, 0.3) is 0 Å². The van der Waals surface area contributed by atoms with Gasteiger partial charge in [-0.1, -0.05) is 12.1 Å². The van der Waals surface area contributed by atoms with Crippen LogP contribution in [0.1, 0.15) is 27.9 Å². The molecule has 0 spiro atoms. The average molecular weight is 257 g/mol. The van der Waals surface area contributed by atoms with Crippen molar-refractivity contribution in [2.24, 2.45) is 0 Å². The summed E-state index contributed by atoms with van der Waals surface area (Å²) in [6.07, 6.45) is 2.50. The number of carbonyl (C=O) groups excluding carboxylic acids is 1. The third kappa shape index (κ3) is 2.31. The predicted octanol–water partition coefficient (Wildman–Crippen LogP) is 3.53. The highest BCUT2D eigenvalue weighted by Crippen LogP contribution is 2.24. The van der Waals surface area contributed by atoms with Gasteiger partial charge < -0.3 is 5.32 Å². The Bertz CT molecular complexity index is 560. The van der Waals surface area contributed by atoms with Gasteiger partial charge in [0.15, 0.2) is 5.78 Å². The quantitative estimate of drug-likeness (QED) is 0.849. The molecule has 92 valence electrons. The lowest BCUT2D eigenvalue weighted by atomic mass is 10.0. The van der Waals surface area contributed by atoms with Crippen molar-refractivity contribution in [2.75, 3.05) is 11.9 Å². The zero-order valence-corrected chi connectivity index (χ0v) is 10.9. The van der Waals surface area contributed by atoms with E-state index in [1.54, 1.807) is 11.3 Å². The molecule has 1 aromatic heterocycles. The highest BCUT2D eigenvalue weighted by atomic mass is 32.1. The summed E-state index contributed by atoms with van der Waals surface area (Å²) < 4.78 is 0. The Kier molecular flexibility index (Phi) is 3.15. The van der Waals surface area contributed by atoms with E-state index in [1.807, 2.05) is 12.1 Å². The summed E-state index contributed by atoms with van der Waals surface area (Å²) in [4.78, 5) is 12.1. The molecule has 2 aromatic rings. The van der Waals surface area contributed by atoms with Gasteiger partial charge in [-0.3, -0.25) is 4.79 Å². The minimum Gasteiger partial charge on any atom is -0.384 e. The van der Waals surface area contributed by atoms with Crippen LogP contribution in [0, 0.1) is 0 Å². The summed E-state index contributed by atoms with van der Waals surface area (Å²) in [5.41, 5.74) is 4.55. The first kappa shape index (κ1) is 11.5. The van der Waals surface area contributed by atoms with Crippen LogP contribution in [0.3, 0.4) is 0 Å². The SMILES string of the molecule is O=C(CCc1ccsc1)c1ccc2c(c1)NCC2. The van der Waals surface area contributed by atoms with Gasteiger partial charge in [-0.25, -0.2) is 0 Å². The van der Waals surface area contributed by atoms with Gasteiger partial charge in [-0.05, 0) is 46.9 Å². The van der Waals surface area contributed by atoms with Crippen LogP contribution in [-0.4, -0.2) is 12.3 Å². The molecule has 1 aromatic carbocycles. The van der Waals surface area contributed by atoms with E-state index in [0.717, 1.165) is 30.6 Å².